The second-order valence-corrected chi connectivity index (χ2v) is 6.88. The Morgan fingerprint density at radius 3 is 2.61 bits per heavy atom. The summed E-state index contributed by atoms with van der Waals surface area (Å²) in [6, 6.07) is 5.89. The molecule has 2 N–H and O–H groups in total. The van der Waals surface area contributed by atoms with E-state index in [2.05, 4.69) is 42.5 Å². The van der Waals surface area contributed by atoms with Crippen molar-refractivity contribution >= 4 is 35.6 Å². The minimum Gasteiger partial charge on any atom is -0.356 e. The van der Waals surface area contributed by atoms with Gasteiger partial charge in [0.05, 0.1) is 6.54 Å². The van der Waals surface area contributed by atoms with Gasteiger partial charge in [-0.2, -0.15) is 0 Å². The third-order valence-electron chi connectivity index (χ3n) is 5.13. The van der Waals surface area contributed by atoms with Crippen molar-refractivity contribution in [2.24, 2.45) is 4.99 Å². The van der Waals surface area contributed by atoms with Crippen LogP contribution in [0.15, 0.2) is 29.4 Å². The first-order valence-corrected chi connectivity index (χ1v) is 9.98. The van der Waals surface area contributed by atoms with E-state index < -0.39 is 0 Å². The summed E-state index contributed by atoms with van der Waals surface area (Å²) in [7, 11) is 1.80. The van der Waals surface area contributed by atoms with Crippen LogP contribution < -0.4 is 10.6 Å². The number of likely N-dealkylation sites (N-methyl/N-ethyl adjacent to an activating group) is 1. The fourth-order valence-electron chi connectivity index (χ4n) is 3.39. The Balaban J connectivity index is 0.00000280. The average Bonchev–Trinajstić information content (AvgIpc) is 3.13. The normalized spacial score (nSPS) is 16.1. The van der Waals surface area contributed by atoms with Gasteiger partial charge in [-0.3, -0.25) is 9.39 Å². The number of halogens is 1. The van der Waals surface area contributed by atoms with Crippen molar-refractivity contribution in [2.45, 2.75) is 26.3 Å². The Labute approximate surface area is 184 Å². The maximum Gasteiger partial charge on any atom is 0.191 e. The van der Waals surface area contributed by atoms with Gasteiger partial charge in [0, 0.05) is 46.0 Å². The topological polar surface area (TPSA) is 73.1 Å². The van der Waals surface area contributed by atoms with Gasteiger partial charge in [0.25, 0.3) is 0 Å². The first-order chi connectivity index (χ1) is 13.3. The van der Waals surface area contributed by atoms with Gasteiger partial charge in [-0.05, 0) is 38.1 Å². The van der Waals surface area contributed by atoms with Crippen LogP contribution >= 0.6 is 24.0 Å². The lowest BCUT2D eigenvalue weighted by Gasteiger charge is -2.34. The predicted molar refractivity (Wildman–Crippen MR) is 124 cm³/mol. The Hall–Kier alpha value is -1.46. The highest BCUT2D eigenvalue weighted by Gasteiger charge is 2.14. The highest BCUT2D eigenvalue weighted by molar-refractivity contribution is 14.0. The van der Waals surface area contributed by atoms with Gasteiger partial charge in [0.15, 0.2) is 17.4 Å². The van der Waals surface area contributed by atoms with E-state index in [-0.39, 0.29) is 24.0 Å². The third kappa shape index (κ3) is 6.56. The summed E-state index contributed by atoms with van der Waals surface area (Å²) in [5.41, 5.74) is 0.858. The van der Waals surface area contributed by atoms with Crippen molar-refractivity contribution in [3.63, 3.8) is 0 Å². The molecular formula is C19H33IN8. The van der Waals surface area contributed by atoms with Crippen LogP contribution in [0.25, 0.3) is 5.65 Å². The molecule has 1 fully saturated rings. The van der Waals surface area contributed by atoms with Crippen molar-refractivity contribution < 1.29 is 0 Å². The summed E-state index contributed by atoms with van der Waals surface area (Å²) >= 11 is 0. The molecule has 1 aliphatic heterocycles. The monoisotopic (exact) mass is 500 g/mol. The molecule has 3 heterocycles. The van der Waals surface area contributed by atoms with Crippen molar-refractivity contribution in [1.82, 2.24) is 35.0 Å². The van der Waals surface area contributed by atoms with Crippen molar-refractivity contribution in [1.29, 1.82) is 0 Å². The van der Waals surface area contributed by atoms with Gasteiger partial charge in [-0.15, -0.1) is 34.2 Å². The second kappa shape index (κ2) is 12.2. The van der Waals surface area contributed by atoms with E-state index in [0.29, 0.717) is 6.54 Å². The minimum absolute atomic E-state index is 0. The second-order valence-electron chi connectivity index (χ2n) is 6.88. The van der Waals surface area contributed by atoms with Crippen LogP contribution in [0.3, 0.4) is 0 Å². The molecular weight excluding hydrogens is 467 g/mol. The highest BCUT2D eigenvalue weighted by Crippen LogP contribution is 2.03. The smallest absolute Gasteiger partial charge is 0.191 e. The number of nitrogens with one attached hydrogen (secondary N) is 2. The molecule has 0 radical (unpaired) electrons. The lowest BCUT2D eigenvalue weighted by molar-refractivity contribution is 0.136. The molecule has 0 aromatic carbocycles. The number of hydrogen-bond acceptors (Lipinski definition) is 5. The van der Waals surface area contributed by atoms with Crippen LogP contribution in [0.5, 0.6) is 0 Å². The zero-order valence-electron chi connectivity index (χ0n) is 17.0. The first kappa shape index (κ1) is 22.8. The van der Waals surface area contributed by atoms with Gasteiger partial charge in [0.2, 0.25) is 0 Å². The molecule has 1 saturated heterocycles. The molecule has 3 rings (SSSR count). The van der Waals surface area contributed by atoms with Crippen LogP contribution in [-0.4, -0.2) is 83.2 Å². The van der Waals surface area contributed by atoms with E-state index in [0.717, 1.165) is 30.4 Å². The van der Waals surface area contributed by atoms with Crippen molar-refractivity contribution in [3.05, 3.63) is 30.2 Å². The summed E-state index contributed by atoms with van der Waals surface area (Å²) < 4.78 is 1.98. The maximum absolute atomic E-state index is 4.29. The number of aromatic nitrogens is 3. The number of rotatable bonds is 8. The molecule has 0 aliphatic carbocycles. The molecule has 2 aromatic rings. The minimum atomic E-state index is 0. The van der Waals surface area contributed by atoms with E-state index in [9.17, 15) is 0 Å². The van der Waals surface area contributed by atoms with Crippen LogP contribution in [-0.2, 0) is 6.54 Å². The van der Waals surface area contributed by atoms with E-state index in [1.54, 1.807) is 7.05 Å². The number of hydrogen-bond donors (Lipinski definition) is 2. The first-order valence-electron chi connectivity index (χ1n) is 9.98. The van der Waals surface area contributed by atoms with E-state index in [1.807, 2.05) is 28.8 Å². The molecule has 0 spiro atoms. The molecule has 1 aliphatic rings. The van der Waals surface area contributed by atoms with Gasteiger partial charge in [0.1, 0.15) is 0 Å². The van der Waals surface area contributed by atoms with Crippen molar-refractivity contribution in [3.8, 4) is 0 Å². The van der Waals surface area contributed by atoms with Gasteiger partial charge >= 0.3 is 0 Å². The molecule has 28 heavy (non-hydrogen) atoms. The molecule has 0 amide bonds. The highest BCUT2D eigenvalue weighted by atomic mass is 127. The average molecular weight is 500 g/mol. The number of aliphatic imine (C=N–C) groups is 1. The largest absolute Gasteiger partial charge is 0.356 e. The Morgan fingerprint density at radius 2 is 1.86 bits per heavy atom. The molecule has 8 nitrogen and oxygen atoms in total. The maximum atomic E-state index is 4.29. The number of pyridine rings is 1. The van der Waals surface area contributed by atoms with Crippen LogP contribution in [0.2, 0.25) is 0 Å². The number of guanidine groups is 1. The lowest BCUT2D eigenvalue weighted by Crippen LogP contribution is -2.46. The zero-order valence-corrected chi connectivity index (χ0v) is 19.3. The number of unbranched alkanes of at least 4 members (excludes halogenated alkanes) is 1. The Kier molecular flexibility index (Phi) is 9.93. The quantitative estimate of drug-likeness (QED) is 0.247. The van der Waals surface area contributed by atoms with E-state index in [4.69, 9.17) is 0 Å². The van der Waals surface area contributed by atoms with Gasteiger partial charge < -0.3 is 20.4 Å². The third-order valence-corrected chi connectivity index (χ3v) is 5.13. The van der Waals surface area contributed by atoms with Gasteiger partial charge in [-0.1, -0.05) is 13.0 Å². The summed E-state index contributed by atoms with van der Waals surface area (Å²) in [4.78, 5) is 9.39. The van der Waals surface area contributed by atoms with Crippen LogP contribution in [0.1, 0.15) is 25.6 Å². The zero-order chi connectivity index (χ0) is 18.9. The summed E-state index contributed by atoms with van der Waals surface area (Å²) in [5.74, 6) is 1.68. The molecule has 0 saturated carbocycles. The van der Waals surface area contributed by atoms with E-state index in [1.165, 1.54) is 45.7 Å². The Bertz CT molecular complexity index is 724. The molecule has 156 valence electrons. The fourth-order valence-corrected chi connectivity index (χ4v) is 3.39. The SMILES string of the molecule is CCN1CCN(CCCCNC(=NC)NCc2nnc3ccccn23)CC1.I. The molecule has 0 unspecified atom stereocenters. The molecule has 9 heteroatoms. The van der Waals surface area contributed by atoms with E-state index >= 15 is 0 Å². The summed E-state index contributed by atoms with van der Waals surface area (Å²) in [5, 5.41) is 15.1. The number of fused-ring (bicyclic) bond motifs is 1. The lowest BCUT2D eigenvalue weighted by atomic mass is 10.2. The van der Waals surface area contributed by atoms with Crippen LogP contribution in [0.4, 0.5) is 0 Å². The van der Waals surface area contributed by atoms with Crippen molar-refractivity contribution in [2.75, 3.05) is 52.9 Å². The van der Waals surface area contributed by atoms with Crippen LogP contribution in [0, 0.1) is 0 Å². The molecule has 2 aromatic heterocycles. The molecule has 0 atom stereocenters. The standard InChI is InChI=1S/C19H32N8.HI/c1-3-25-12-14-26(15-13-25)10-7-5-9-21-19(20-2)22-16-18-24-23-17-8-4-6-11-27(17)18;/h4,6,8,11H,3,5,7,9-10,12-16H2,1-2H3,(H2,20,21,22);1H. The molecule has 0 bridgehead atoms. The number of piperazine rings is 1. The van der Waals surface area contributed by atoms with Gasteiger partial charge in [-0.25, -0.2) is 0 Å². The Morgan fingerprint density at radius 1 is 1.07 bits per heavy atom. The summed E-state index contributed by atoms with van der Waals surface area (Å²) in [6.07, 6.45) is 4.33. The fraction of sp³-hybridized carbons (Fsp3) is 0.632. The number of nitrogens with zero attached hydrogens (tertiary/aromatic N) is 6. The summed E-state index contributed by atoms with van der Waals surface area (Å²) in [6.45, 7) is 11.0. The predicted octanol–water partition coefficient (Wildman–Crippen LogP) is 1.43.